The molecule has 0 aliphatic rings. The van der Waals surface area contributed by atoms with Crippen molar-refractivity contribution in [3.63, 3.8) is 0 Å². The Morgan fingerprint density at radius 1 is 1.23 bits per heavy atom. The van der Waals surface area contributed by atoms with Crippen LogP contribution in [-0.4, -0.2) is 31.3 Å². The van der Waals surface area contributed by atoms with Crippen LogP contribution in [0.2, 0.25) is 5.02 Å². The van der Waals surface area contributed by atoms with E-state index in [4.69, 9.17) is 17.3 Å². The number of aromatic nitrogens is 3. The second-order valence-electron chi connectivity index (χ2n) is 7.39. The first kappa shape index (κ1) is 21.1. The molecule has 0 bridgehead atoms. The van der Waals surface area contributed by atoms with E-state index in [1.807, 2.05) is 35.9 Å². The van der Waals surface area contributed by atoms with Crippen molar-refractivity contribution in [2.45, 2.75) is 6.92 Å². The molecule has 0 aliphatic carbocycles. The number of benzene rings is 2. The minimum Gasteiger partial charge on any atom is -0.399 e. The van der Waals surface area contributed by atoms with Gasteiger partial charge in [0, 0.05) is 45.2 Å². The molecular formula is C21H20ClFN6OS. The van der Waals surface area contributed by atoms with Crippen LogP contribution in [0.3, 0.4) is 0 Å². The Morgan fingerprint density at radius 2 is 2.00 bits per heavy atom. The summed E-state index contributed by atoms with van der Waals surface area (Å²) in [6.07, 6.45) is 6.30. The van der Waals surface area contributed by atoms with Crippen LogP contribution in [0.5, 0.6) is 0 Å². The Kier molecular flexibility index (Phi) is 5.32. The molecule has 0 spiro atoms. The highest BCUT2D eigenvalue weighted by atomic mass is 35.5. The first-order chi connectivity index (χ1) is 14.6. The monoisotopic (exact) mass is 458 g/mol. The molecule has 4 rings (SSSR count). The first-order valence-electron chi connectivity index (χ1n) is 9.24. The second kappa shape index (κ2) is 7.82. The van der Waals surface area contributed by atoms with Gasteiger partial charge in [0.15, 0.2) is 11.6 Å². The number of rotatable bonds is 4. The van der Waals surface area contributed by atoms with Crippen LogP contribution in [0.1, 0.15) is 5.56 Å². The number of nitrogens with one attached hydrogen (secondary N) is 1. The van der Waals surface area contributed by atoms with E-state index in [0.29, 0.717) is 22.2 Å². The van der Waals surface area contributed by atoms with Crippen LogP contribution in [0.4, 0.5) is 27.4 Å². The third-order valence-electron chi connectivity index (χ3n) is 4.50. The van der Waals surface area contributed by atoms with Gasteiger partial charge in [-0.05, 0) is 48.9 Å². The molecule has 2 aromatic carbocycles. The summed E-state index contributed by atoms with van der Waals surface area (Å²) in [6, 6.07) is 9.93. The molecule has 3 N–H and O–H groups in total. The molecule has 2 aromatic heterocycles. The predicted octanol–water partition coefficient (Wildman–Crippen LogP) is 5.21. The van der Waals surface area contributed by atoms with Crippen molar-refractivity contribution >= 4 is 55.2 Å². The Balaban J connectivity index is 1.71. The van der Waals surface area contributed by atoms with Gasteiger partial charge in [0.25, 0.3) is 0 Å². The quantitative estimate of drug-likeness (QED) is 0.409. The Bertz CT molecular complexity index is 1430. The van der Waals surface area contributed by atoms with Crippen LogP contribution in [-0.2, 0) is 9.73 Å². The van der Waals surface area contributed by atoms with Crippen LogP contribution < -0.4 is 11.1 Å². The van der Waals surface area contributed by atoms with Crippen LogP contribution in [0.25, 0.3) is 16.7 Å². The van der Waals surface area contributed by atoms with Gasteiger partial charge in [0.2, 0.25) is 5.95 Å². The summed E-state index contributed by atoms with van der Waals surface area (Å²) in [5.74, 6) is 0.124. The van der Waals surface area contributed by atoms with Crippen LogP contribution in [0, 0.1) is 12.7 Å². The van der Waals surface area contributed by atoms with Gasteiger partial charge in [-0.1, -0.05) is 11.6 Å². The van der Waals surface area contributed by atoms with Crippen LogP contribution >= 0.6 is 11.6 Å². The van der Waals surface area contributed by atoms with Gasteiger partial charge < -0.3 is 11.1 Å². The molecule has 4 aromatic rings. The van der Waals surface area contributed by atoms with E-state index in [0.717, 1.165) is 16.5 Å². The molecule has 10 heteroatoms. The summed E-state index contributed by atoms with van der Waals surface area (Å²) in [5.41, 5.74) is 8.96. The van der Waals surface area contributed by atoms with E-state index < -0.39 is 15.5 Å². The molecule has 160 valence electrons. The number of aryl methyl sites for hydroxylation is 1. The minimum absolute atomic E-state index is 0.0341. The summed E-state index contributed by atoms with van der Waals surface area (Å²) >= 11 is 6.38. The van der Waals surface area contributed by atoms with Crippen molar-refractivity contribution < 1.29 is 8.60 Å². The highest BCUT2D eigenvalue weighted by Crippen LogP contribution is 2.30. The van der Waals surface area contributed by atoms with E-state index in [2.05, 4.69) is 19.6 Å². The molecule has 0 aliphatic heterocycles. The Morgan fingerprint density at radius 3 is 2.71 bits per heavy atom. The Hall–Kier alpha value is -3.17. The largest absolute Gasteiger partial charge is 0.399 e. The number of halogens is 2. The third-order valence-corrected chi connectivity index (χ3v) is 5.41. The summed E-state index contributed by atoms with van der Waals surface area (Å²) in [6.45, 7) is 1.98. The van der Waals surface area contributed by atoms with Crippen molar-refractivity contribution in [2.75, 3.05) is 23.6 Å². The minimum atomic E-state index is -2.47. The second-order valence-corrected chi connectivity index (χ2v) is 10.3. The van der Waals surface area contributed by atoms with Gasteiger partial charge in [0.05, 0.1) is 11.7 Å². The molecule has 2 heterocycles. The SMILES string of the molecule is Cc1cn(-c2nc(Nc3ccc(N=S(C)(C)=O)c(F)c3)ncc2Cl)c2ccc(N)cc12. The lowest BCUT2D eigenvalue weighted by Gasteiger charge is -2.10. The molecular weight excluding hydrogens is 439 g/mol. The molecule has 0 fully saturated rings. The van der Waals surface area contributed by atoms with E-state index in [-0.39, 0.29) is 11.6 Å². The lowest BCUT2D eigenvalue weighted by Crippen LogP contribution is -2.03. The van der Waals surface area contributed by atoms with Gasteiger partial charge in [-0.15, -0.1) is 0 Å². The summed E-state index contributed by atoms with van der Waals surface area (Å²) < 4.78 is 31.9. The normalized spacial score (nSPS) is 11.6. The van der Waals surface area contributed by atoms with Crippen molar-refractivity contribution in [1.82, 2.24) is 14.5 Å². The molecule has 31 heavy (non-hydrogen) atoms. The summed E-state index contributed by atoms with van der Waals surface area (Å²) in [4.78, 5) is 8.71. The fourth-order valence-electron chi connectivity index (χ4n) is 3.20. The molecule has 0 saturated carbocycles. The van der Waals surface area contributed by atoms with Gasteiger partial charge >= 0.3 is 0 Å². The number of nitrogens with zero attached hydrogens (tertiary/aromatic N) is 4. The average molecular weight is 459 g/mol. The maximum absolute atomic E-state index is 14.4. The zero-order chi connectivity index (χ0) is 22.3. The maximum atomic E-state index is 14.4. The maximum Gasteiger partial charge on any atom is 0.229 e. The van der Waals surface area contributed by atoms with Crippen molar-refractivity contribution in [3.8, 4) is 5.82 Å². The van der Waals surface area contributed by atoms with E-state index in [9.17, 15) is 8.60 Å². The Labute approximate surface area is 184 Å². The van der Waals surface area contributed by atoms with Crippen molar-refractivity contribution in [3.05, 3.63) is 65.2 Å². The fourth-order valence-corrected chi connectivity index (χ4v) is 4.00. The zero-order valence-corrected chi connectivity index (χ0v) is 18.6. The van der Waals surface area contributed by atoms with Crippen molar-refractivity contribution in [1.29, 1.82) is 0 Å². The molecule has 0 unspecified atom stereocenters. The summed E-state index contributed by atoms with van der Waals surface area (Å²) in [7, 11) is -2.47. The number of hydrogen-bond donors (Lipinski definition) is 2. The molecule has 7 nitrogen and oxygen atoms in total. The van der Waals surface area contributed by atoms with Gasteiger partial charge in [0.1, 0.15) is 10.7 Å². The third kappa shape index (κ3) is 4.47. The number of fused-ring (bicyclic) bond motifs is 1. The lowest BCUT2D eigenvalue weighted by molar-refractivity contribution is 0.630. The number of hydrogen-bond acceptors (Lipinski definition) is 6. The highest BCUT2D eigenvalue weighted by Gasteiger charge is 2.14. The van der Waals surface area contributed by atoms with E-state index in [1.165, 1.54) is 30.8 Å². The number of anilines is 3. The molecule has 0 amide bonds. The summed E-state index contributed by atoms with van der Waals surface area (Å²) in [5, 5.41) is 4.32. The average Bonchev–Trinajstić information content (AvgIpc) is 3.00. The fraction of sp³-hybridized carbons (Fsp3) is 0.143. The standard InChI is InChI=1S/C21H20ClFN6OS/c1-12-11-29(19-7-4-13(24)8-15(12)19)20-16(22)10-25-21(27-20)26-14-5-6-18(17(23)9-14)28-31(2,3)30/h4-11H,24H2,1-3H3,(H,25,26,27). The van der Waals surface area contributed by atoms with Crippen molar-refractivity contribution in [2.24, 2.45) is 4.36 Å². The highest BCUT2D eigenvalue weighted by molar-refractivity contribution is 7.92. The number of nitrogens with two attached hydrogens (primary N) is 1. The van der Waals surface area contributed by atoms with Gasteiger partial charge in [-0.2, -0.15) is 9.35 Å². The molecule has 0 saturated heterocycles. The van der Waals surface area contributed by atoms with Gasteiger partial charge in [-0.3, -0.25) is 4.57 Å². The van der Waals surface area contributed by atoms with Gasteiger partial charge in [-0.25, -0.2) is 13.6 Å². The van der Waals surface area contributed by atoms with E-state index >= 15 is 0 Å². The first-order valence-corrected chi connectivity index (χ1v) is 12.0. The zero-order valence-electron chi connectivity index (χ0n) is 17.1. The topological polar surface area (TPSA) is 98.2 Å². The smallest absolute Gasteiger partial charge is 0.229 e. The molecule has 0 atom stereocenters. The van der Waals surface area contributed by atoms with Crippen LogP contribution in [0.15, 0.2) is 53.2 Å². The predicted molar refractivity (Wildman–Crippen MR) is 125 cm³/mol. The number of nitrogen functional groups attached to an aromatic ring is 1. The van der Waals surface area contributed by atoms with E-state index in [1.54, 1.807) is 6.07 Å². The molecule has 0 radical (unpaired) electrons. The lowest BCUT2D eigenvalue weighted by atomic mass is 10.2.